The lowest BCUT2D eigenvalue weighted by Crippen LogP contribution is -2.62. The van der Waals surface area contributed by atoms with Crippen molar-refractivity contribution in [2.75, 3.05) is 58.1 Å². The third-order valence-corrected chi connectivity index (χ3v) is 11.1. The Morgan fingerprint density at radius 1 is 1.12 bits per heavy atom. The van der Waals surface area contributed by atoms with Crippen molar-refractivity contribution in [3.05, 3.63) is 82.8 Å². The number of thioether (sulfide) groups is 1. The molecule has 0 bridgehead atoms. The van der Waals surface area contributed by atoms with Gasteiger partial charge in [-0.2, -0.15) is 13.2 Å². The lowest BCUT2D eigenvalue weighted by atomic mass is 9.88. The monoisotopic (exact) mass is 855 g/mol. The van der Waals surface area contributed by atoms with Crippen LogP contribution < -0.4 is 10.1 Å². The number of hydrogen-bond donors (Lipinski definition) is 2. The maximum absolute atomic E-state index is 15.6. The number of carbonyl (C=O) groups excluding carboxylic acids is 2. The fraction of sp³-hybridized carbons (Fsp3) is 0.417. The van der Waals surface area contributed by atoms with Crippen molar-refractivity contribution < 1.29 is 41.7 Å². The Morgan fingerprint density at radius 2 is 1.85 bits per heavy atom. The fourth-order valence-corrected chi connectivity index (χ4v) is 7.57. The number of aromatic nitrogens is 1. The maximum Gasteiger partial charge on any atom is 0.321 e. The van der Waals surface area contributed by atoms with Gasteiger partial charge in [0.1, 0.15) is 17.9 Å². The number of alkyl halides is 3. The number of aliphatic hydroxyl groups excluding tert-OH is 1. The highest BCUT2D eigenvalue weighted by molar-refractivity contribution is 14.1. The van der Waals surface area contributed by atoms with E-state index in [1.165, 1.54) is 47.2 Å². The second kappa shape index (κ2) is 15.9. The van der Waals surface area contributed by atoms with Crippen molar-refractivity contribution in [2.45, 2.75) is 46.7 Å². The van der Waals surface area contributed by atoms with E-state index in [9.17, 15) is 23.5 Å². The summed E-state index contributed by atoms with van der Waals surface area (Å²) < 4.78 is 67.3. The number of nitrogens with zero attached hydrogens (tertiary/aromatic N) is 4. The Kier molecular flexibility index (Phi) is 11.7. The number of ether oxygens (including phenoxy) is 2. The van der Waals surface area contributed by atoms with E-state index in [0.29, 0.717) is 56.0 Å². The molecule has 3 heterocycles. The third kappa shape index (κ3) is 7.76. The van der Waals surface area contributed by atoms with Crippen molar-refractivity contribution in [1.82, 2.24) is 19.9 Å². The van der Waals surface area contributed by atoms with Crippen LogP contribution in [0.5, 0.6) is 5.75 Å². The fourth-order valence-electron chi connectivity index (χ4n) is 6.88. The van der Waals surface area contributed by atoms with Crippen LogP contribution in [0.25, 0.3) is 11.1 Å². The molecular weight excluding hydrogens is 817 g/mol. The van der Waals surface area contributed by atoms with Crippen LogP contribution in [0, 0.1) is 11.6 Å². The zero-order chi connectivity index (χ0) is 37.2. The number of hydrogen-bond acceptors (Lipinski definition) is 9. The van der Waals surface area contributed by atoms with E-state index in [4.69, 9.17) is 9.47 Å². The van der Waals surface area contributed by atoms with Crippen LogP contribution in [-0.2, 0) is 24.8 Å². The Bertz CT molecular complexity index is 1850. The minimum absolute atomic E-state index is 0.101. The summed E-state index contributed by atoms with van der Waals surface area (Å²) in [5.74, 6) is -5.03. The summed E-state index contributed by atoms with van der Waals surface area (Å²) in [6, 6.07) is 9.73. The number of carbonyl (C=O) groups is 2. The Hall–Kier alpha value is -3.45. The van der Waals surface area contributed by atoms with Crippen LogP contribution in [0.3, 0.4) is 0 Å². The molecular formula is C36H38F4IN5O5S. The summed E-state index contributed by atoms with van der Waals surface area (Å²) in [6.45, 7) is 2.83. The van der Waals surface area contributed by atoms with Gasteiger partial charge in [0.2, 0.25) is 5.82 Å². The normalized spacial score (nSPS) is 18.4. The van der Waals surface area contributed by atoms with E-state index < -0.39 is 50.8 Å². The molecule has 1 spiro atoms. The van der Waals surface area contributed by atoms with E-state index >= 15 is 8.78 Å². The van der Waals surface area contributed by atoms with Crippen molar-refractivity contribution in [3.8, 4) is 16.9 Å². The number of pyridine rings is 1. The second-order valence-corrected chi connectivity index (χ2v) is 15.0. The molecule has 2 fully saturated rings. The first-order valence-electron chi connectivity index (χ1n) is 16.8. The zero-order valence-electron chi connectivity index (χ0n) is 28.6. The molecule has 2 N–H and O–H groups in total. The molecule has 2 aromatic carbocycles. The summed E-state index contributed by atoms with van der Waals surface area (Å²) in [7, 11) is 1.57. The summed E-state index contributed by atoms with van der Waals surface area (Å²) in [6.07, 6.45) is 5.47. The van der Waals surface area contributed by atoms with E-state index in [1.807, 2.05) is 6.26 Å². The van der Waals surface area contributed by atoms with E-state index in [1.54, 1.807) is 19.2 Å². The first-order valence-corrected chi connectivity index (χ1v) is 19.1. The molecule has 1 aromatic heterocycles. The number of halogens is 5. The lowest BCUT2D eigenvalue weighted by molar-refractivity contribution is -0.162. The second-order valence-electron chi connectivity index (χ2n) is 12.8. The molecule has 1 aliphatic carbocycles. The number of anilines is 1. The van der Waals surface area contributed by atoms with Crippen LogP contribution in [-0.4, -0.2) is 95.1 Å². The lowest BCUT2D eigenvalue weighted by Gasteiger charge is -2.48. The van der Waals surface area contributed by atoms with Gasteiger partial charge in [0.15, 0.2) is 11.6 Å². The highest BCUT2D eigenvalue weighted by atomic mass is 127. The minimum atomic E-state index is -3.22. The van der Waals surface area contributed by atoms with Crippen molar-refractivity contribution >= 4 is 51.9 Å². The zero-order valence-corrected chi connectivity index (χ0v) is 31.5. The number of benzene rings is 2. The highest BCUT2D eigenvalue weighted by Gasteiger charge is 2.53. The number of hydrazine groups is 1. The van der Waals surface area contributed by atoms with Crippen LogP contribution >= 0.6 is 34.4 Å². The maximum atomic E-state index is 15.6. The van der Waals surface area contributed by atoms with Gasteiger partial charge in [-0.3, -0.25) is 19.5 Å². The molecule has 3 aliphatic rings. The van der Waals surface area contributed by atoms with E-state index in [2.05, 4.69) is 15.2 Å². The van der Waals surface area contributed by atoms with Crippen molar-refractivity contribution in [2.24, 2.45) is 0 Å². The van der Waals surface area contributed by atoms with Gasteiger partial charge < -0.3 is 19.9 Å². The number of nitrogens with one attached hydrogen (secondary N) is 1. The average Bonchev–Trinajstić information content (AvgIpc) is 3.64. The van der Waals surface area contributed by atoms with Gasteiger partial charge in [-0.05, 0) is 43.4 Å². The molecule has 2 amide bonds. The van der Waals surface area contributed by atoms with Crippen LogP contribution in [0.15, 0.2) is 65.0 Å². The molecule has 0 radical (unpaired) electrons. The predicted octanol–water partition coefficient (Wildman–Crippen LogP) is 6.90. The van der Waals surface area contributed by atoms with Crippen LogP contribution in [0.2, 0.25) is 0 Å². The minimum Gasteiger partial charge on any atom is -0.509 e. The number of amides is 2. The molecule has 0 unspecified atom stereocenters. The van der Waals surface area contributed by atoms with Gasteiger partial charge in [-0.1, -0.05) is 31.0 Å². The molecule has 52 heavy (non-hydrogen) atoms. The Morgan fingerprint density at radius 3 is 2.50 bits per heavy atom. The number of rotatable bonds is 11. The first-order chi connectivity index (χ1) is 24.8. The Labute approximate surface area is 316 Å². The van der Waals surface area contributed by atoms with Gasteiger partial charge in [0.25, 0.3) is 11.8 Å². The quantitative estimate of drug-likeness (QED) is 0.0701. The Balaban J connectivity index is 1.28. The number of likely N-dealkylation sites (N-methyl/N-ethyl adjacent to an activating group) is 1. The molecule has 3 aromatic rings. The SMILES string of the molecule is CSc1ccc(-c2cc(C(F)(F)I)ccc2NC(=O)C2=C(O)C3(CCCC3)N(C)N(Cc3ccc(OCCN4CCOCC4)c(F)c3F)C2=O)cn1. The van der Waals surface area contributed by atoms with Gasteiger partial charge in [-0.25, -0.2) is 14.4 Å². The molecule has 6 rings (SSSR count). The standard InChI is InChI=1S/C36H38F4IN5O5S/c1-44-35(11-3-4-12-35)32(47)29(33(48)43-26-8-7-24(36(39,40)41)19-25(26)22-6-10-28(52-2)42-20-22)34(49)46(44)21-23-5-9-27(31(38)30(23)37)51-18-15-45-13-16-50-17-14-45/h5-10,19-20,47H,3-4,11-18,21H2,1-2H3,(H,43,48). The van der Waals surface area contributed by atoms with E-state index in [-0.39, 0.29) is 34.7 Å². The summed E-state index contributed by atoms with van der Waals surface area (Å²) in [4.78, 5) is 34.6. The van der Waals surface area contributed by atoms with Crippen molar-refractivity contribution in [3.63, 3.8) is 0 Å². The van der Waals surface area contributed by atoms with Crippen molar-refractivity contribution in [1.29, 1.82) is 0 Å². The van der Waals surface area contributed by atoms with Gasteiger partial charge in [0, 0.05) is 83.4 Å². The smallest absolute Gasteiger partial charge is 0.321 e. The molecule has 1 saturated carbocycles. The molecule has 1 saturated heterocycles. The molecule has 2 aliphatic heterocycles. The summed E-state index contributed by atoms with van der Waals surface area (Å²) in [5, 5.41) is 17.6. The van der Waals surface area contributed by atoms with E-state index in [0.717, 1.165) is 46.8 Å². The molecule has 10 nitrogen and oxygen atoms in total. The van der Waals surface area contributed by atoms with Crippen LogP contribution in [0.1, 0.15) is 36.8 Å². The highest BCUT2D eigenvalue weighted by Crippen LogP contribution is 2.45. The predicted molar refractivity (Wildman–Crippen MR) is 196 cm³/mol. The van der Waals surface area contributed by atoms with Gasteiger partial charge in [-0.15, -0.1) is 11.8 Å². The van der Waals surface area contributed by atoms with Gasteiger partial charge in [0.05, 0.1) is 30.3 Å². The molecule has 0 atom stereocenters. The molecule has 16 heteroatoms. The summed E-state index contributed by atoms with van der Waals surface area (Å²) >= 11 is 2.42. The average molecular weight is 856 g/mol. The number of aliphatic hydroxyl groups is 1. The largest absolute Gasteiger partial charge is 0.509 e. The first kappa shape index (κ1) is 38.3. The third-order valence-electron chi connectivity index (χ3n) is 9.83. The van der Waals surface area contributed by atoms with Gasteiger partial charge >= 0.3 is 3.93 Å². The number of morpholine rings is 1. The summed E-state index contributed by atoms with van der Waals surface area (Å²) in [5.41, 5.74) is -1.45. The topological polar surface area (TPSA) is 107 Å². The van der Waals surface area contributed by atoms with Crippen LogP contribution in [0.4, 0.5) is 23.2 Å². The molecule has 278 valence electrons.